The molecule has 8 heteroatoms. The van der Waals surface area contributed by atoms with Crippen molar-refractivity contribution in [3.8, 4) is 5.69 Å². The average Bonchev–Trinajstić information content (AvgIpc) is 3.12. The minimum absolute atomic E-state index is 0.143. The Morgan fingerprint density at radius 2 is 2.07 bits per heavy atom. The SMILES string of the molecule is CC1CCCCN1C(=O)CSc1ncnc2c1cnn2-c1ccc(F)cc1. The molecule has 1 unspecified atom stereocenters. The lowest BCUT2D eigenvalue weighted by Crippen LogP contribution is -2.42. The van der Waals surface area contributed by atoms with Gasteiger partial charge >= 0.3 is 0 Å². The number of rotatable bonds is 4. The molecular formula is C19H20FN5OS. The quantitative estimate of drug-likeness (QED) is 0.508. The van der Waals surface area contributed by atoms with Gasteiger partial charge in [-0.05, 0) is 50.5 Å². The molecule has 0 bridgehead atoms. The topological polar surface area (TPSA) is 63.9 Å². The molecule has 1 amide bonds. The van der Waals surface area contributed by atoms with Crippen LogP contribution >= 0.6 is 11.8 Å². The van der Waals surface area contributed by atoms with E-state index in [-0.39, 0.29) is 11.7 Å². The summed E-state index contributed by atoms with van der Waals surface area (Å²) in [6, 6.07) is 6.38. The number of fused-ring (bicyclic) bond motifs is 1. The van der Waals surface area contributed by atoms with Crippen LogP contribution in [-0.4, -0.2) is 48.9 Å². The van der Waals surface area contributed by atoms with Gasteiger partial charge < -0.3 is 4.90 Å². The highest BCUT2D eigenvalue weighted by Crippen LogP contribution is 2.27. The van der Waals surface area contributed by atoms with Crippen molar-refractivity contribution < 1.29 is 9.18 Å². The van der Waals surface area contributed by atoms with E-state index in [4.69, 9.17) is 0 Å². The molecule has 3 aromatic rings. The van der Waals surface area contributed by atoms with Gasteiger partial charge in [-0.25, -0.2) is 19.0 Å². The number of aromatic nitrogens is 4. The van der Waals surface area contributed by atoms with Crippen LogP contribution in [0.3, 0.4) is 0 Å². The maximum absolute atomic E-state index is 13.2. The minimum Gasteiger partial charge on any atom is -0.339 e. The first-order valence-electron chi connectivity index (χ1n) is 9.00. The first kappa shape index (κ1) is 17.9. The zero-order valence-corrected chi connectivity index (χ0v) is 15.8. The van der Waals surface area contributed by atoms with E-state index in [9.17, 15) is 9.18 Å². The predicted molar refractivity (Wildman–Crippen MR) is 102 cm³/mol. The third-order valence-electron chi connectivity index (χ3n) is 4.86. The van der Waals surface area contributed by atoms with Crippen LogP contribution in [0.1, 0.15) is 26.2 Å². The molecule has 0 N–H and O–H groups in total. The van der Waals surface area contributed by atoms with Crippen molar-refractivity contribution in [1.82, 2.24) is 24.6 Å². The van der Waals surface area contributed by atoms with Gasteiger partial charge in [0.25, 0.3) is 0 Å². The second-order valence-corrected chi connectivity index (χ2v) is 7.63. The Kier molecular flexibility index (Phi) is 5.07. The predicted octanol–water partition coefficient (Wildman–Crippen LogP) is 3.45. The van der Waals surface area contributed by atoms with Crippen LogP contribution in [-0.2, 0) is 4.79 Å². The number of piperidine rings is 1. The molecular weight excluding hydrogens is 365 g/mol. The molecule has 1 fully saturated rings. The number of halogens is 1. The highest BCUT2D eigenvalue weighted by molar-refractivity contribution is 8.00. The summed E-state index contributed by atoms with van der Waals surface area (Å²) >= 11 is 1.41. The number of benzene rings is 1. The fraction of sp³-hybridized carbons (Fsp3) is 0.368. The molecule has 2 aromatic heterocycles. The van der Waals surface area contributed by atoms with Gasteiger partial charge in [-0.3, -0.25) is 4.79 Å². The minimum atomic E-state index is -0.300. The van der Waals surface area contributed by atoms with Crippen molar-refractivity contribution in [3.05, 3.63) is 42.6 Å². The van der Waals surface area contributed by atoms with Crippen LogP contribution in [0.4, 0.5) is 4.39 Å². The molecule has 3 heterocycles. The van der Waals surface area contributed by atoms with Crippen LogP contribution in [0.15, 0.2) is 41.8 Å². The molecule has 0 saturated carbocycles. The molecule has 1 saturated heterocycles. The molecule has 0 radical (unpaired) electrons. The largest absolute Gasteiger partial charge is 0.339 e. The molecule has 1 aromatic carbocycles. The first-order valence-corrected chi connectivity index (χ1v) is 9.99. The lowest BCUT2D eigenvalue weighted by Gasteiger charge is -2.33. The molecule has 0 spiro atoms. The number of carbonyl (C=O) groups excluding carboxylic acids is 1. The summed E-state index contributed by atoms with van der Waals surface area (Å²) < 4.78 is 14.8. The van der Waals surface area contributed by atoms with E-state index in [1.165, 1.54) is 36.6 Å². The van der Waals surface area contributed by atoms with Crippen molar-refractivity contribution in [2.45, 2.75) is 37.3 Å². The number of amides is 1. The number of nitrogens with zero attached hydrogens (tertiary/aromatic N) is 5. The monoisotopic (exact) mass is 385 g/mol. The smallest absolute Gasteiger partial charge is 0.233 e. The Morgan fingerprint density at radius 1 is 1.26 bits per heavy atom. The summed E-state index contributed by atoms with van der Waals surface area (Å²) in [7, 11) is 0. The van der Waals surface area contributed by atoms with E-state index in [1.807, 2.05) is 4.90 Å². The van der Waals surface area contributed by atoms with Crippen molar-refractivity contribution in [2.75, 3.05) is 12.3 Å². The second kappa shape index (κ2) is 7.64. The molecule has 140 valence electrons. The summed E-state index contributed by atoms with van der Waals surface area (Å²) in [5.74, 6) is 0.189. The van der Waals surface area contributed by atoms with Crippen molar-refractivity contribution >= 4 is 28.7 Å². The van der Waals surface area contributed by atoms with Gasteiger partial charge in [0.2, 0.25) is 5.91 Å². The van der Waals surface area contributed by atoms with E-state index in [1.54, 1.807) is 23.0 Å². The van der Waals surface area contributed by atoms with Gasteiger partial charge in [-0.1, -0.05) is 11.8 Å². The average molecular weight is 385 g/mol. The van der Waals surface area contributed by atoms with E-state index in [0.29, 0.717) is 17.4 Å². The summed E-state index contributed by atoms with van der Waals surface area (Å²) in [5.41, 5.74) is 1.36. The zero-order chi connectivity index (χ0) is 18.8. The third kappa shape index (κ3) is 3.66. The summed E-state index contributed by atoms with van der Waals surface area (Å²) in [6.07, 6.45) is 6.49. The lowest BCUT2D eigenvalue weighted by molar-refractivity contribution is -0.131. The third-order valence-corrected chi connectivity index (χ3v) is 5.85. The van der Waals surface area contributed by atoms with Gasteiger partial charge in [0.05, 0.1) is 23.0 Å². The van der Waals surface area contributed by atoms with Crippen LogP contribution in [0, 0.1) is 5.82 Å². The fourth-order valence-electron chi connectivity index (χ4n) is 3.39. The number of carbonyl (C=O) groups is 1. The maximum Gasteiger partial charge on any atom is 0.233 e. The highest BCUT2D eigenvalue weighted by Gasteiger charge is 2.23. The Hall–Kier alpha value is -2.48. The van der Waals surface area contributed by atoms with Crippen molar-refractivity contribution in [1.29, 1.82) is 0 Å². The standard InChI is InChI=1S/C19H20FN5OS/c1-13-4-2-3-9-24(13)17(26)11-27-19-16-10-23-25(18(16)21-12-22-19)15-7-5-14(20)6-8-15/h5-8,10,12-13H,2-4,9,11H2,1H3. The number of hydrogen-bond donors (Lipinski definition) is 0. The second-order valence-electron chi connectivity index (χ2n) is 6.67. The summed E-state index contributed by atoms with van der Waals surface area (Å²) in [6.45, 7) is 2.94. The van der Waals surface area contributed by atoms with Crippen LogP contribution in [0.5, 0.6) is 0 Å². The number of likely N-dealkylation sites (tertiary alicyclic amines) is 1. The molecule has 1 aliphatic heterocycles. The van der Waals surface area contributed by atoms with Crippen molar-refractivity contribution in [3.63, 3.8) is 0 Å². The van der Waals surface area contributed by atoms with E-state index >= 15 is 0 Å². The Balaban J connectivity index is 1.54. The summed E-state index contributed by atoms with van der Waals surface area (Å²) in [5, 5.41) is 5.88. The fourth-order valence-corrected chi connectivity index (χ4v) is 4.24. The van der Waals surface area contributed by atoms with E-state index in [0.717, 1.165) is 35.5 Å². The van der Waals surface area contributed by atoms with E-state index in [2.05, 4.69) is 22.0 Å². The van der Waals surface area contributed by atoms with Crippen LogP contribution < -0.4 is 0 Å². The molecule has 6 nitrogen and oxygen atoms in total. The normalized spacial score (nSPS) is 17.4. The first-order chi connectivity index (χ1) is 13.1. The number of hydrogen-bond acceptors (Lipinski definition) is 5. The summed E-state index contributed by atoms with van der Waals surface area (Å²) in [4.78, 5) is 23.2. The lowest BCUT2D eigenvalue weighted by atomic mass is 10.0. The van der Waals surface area contributed by atoms with Crippen LogP contribution in [0.2, 0.25) is 0 Å². The molecule has 1 aliphatic rings. The van der Waals surface area contributed by atoms with Gasteiger partial charge in [0.1, 0.15) is 17.2 Å². The highest BCUT2D eigenvalue weighted by atomic mass is 32.2. The Bertz CT molecular complexity index is 958. The number of thioether (sulfide) groups is 1. The van der Waals surface area contributed by atoms with Gasteiger partial charge in [-0.2, -0.15) is 5.10 Å². The van der Waals surface area contributed by atoms with Gasteiger partial charge in [-0.15, -0.1) is 0 Å². The molecule has 4 rings (SSSR count). The molecule has 0 aliphatic carbocycles. The molecule has 1 atom stereocenters. The van der Waals surface area contributed by atoms with Gasteiger partial charge in [0, 0.05) is 12.6 Å². The maximum atomic E-state index is 13.2. The van der Waals surface area contributed by atoms with Crippen molar-refractivity contribution in [2.24, 2.45) is 0 Å². The van der Waals surface area contributed by atoms with Gasteiger partial charge in [0.15, 0.2) is 5.65 Å². The Labute approximate surface area is 160 Å². The van der Waals surface area contributed by atoms with Crippen LogP contribution in [0.25, 0.3) is 16.7 Å². The zero-order valence-electron chi connectivity index (χ0n) is 15.0. The van der Waals surface area contributed by atoms with E-state index < -0.39 is 0 Å². The molecule has 27 heavy (non-hydrogen) atoms. The Morgan fingerprint density at radius 3 is 2.85 bits per heavy atom.